The summed E-state index contributed by atoms with van der Waals surface area (Å²) < 4.78 is 16.7. The number of aromatic nitrogens is 3. The van der Waals surface area contributed by atoms with E-state index in [-0.39, 0.29) is 24.7 Å². The highest BCUT2D eigenvalue weighted by atomic mass is 32.1. The van der Waals surface area contributed by atoms with Gasteiger partial charge in [0.15, 0.2) is 0 Å². The fourth-order valence-corrected chi connectivity index (χ4v) is 5.33. The summed E-state index contributed by atoms with van der Waals surface area (Å²) in [7, 11) is 1.82. The Hall–Kier alpha value is -3.56. The number of carbonyl (C=O) groups excluding carboxylic acids is 1. The maximum atomic E-state index is 12.8. The van der Waals surface area contributed by atoms with Crippen LogP contribution < -0.4 is 16.3 Å². The second kappa shape index (κ2) is 9.00. The Morgan fingerprint density at radius 2 is 1.94 bits per heavy atom. The van der Waals surface area contributed by atoms with Crippen molar-refractivity contribution in [3.63, 3.8) is 0 Å². The molecule has 1 amide bonds. The number of anilines is 1. The molecule has 0 radical (unpaired) electrons. The Morgan fingerprint density at radius 3 is 2.74 bits per heavy atom. The third-order valence-electron chi connectivity index (χ3n) is 6.22. The summed E-state index contributed by atoms with van der Waals surface area (Å²) in [6.07, 6.45) is 3.19. The lowest BCUT2D eigenvalue weighted by molar-refractivity contribution is -0.118. The fourth-order valence-electron chi connectivity index (χ4n) is 4.28. The molecule has 1 aliphatic heterocycles. The molecule has 7 nitrogen and oxygen atoms in total. The van der Waals surface area contributed by atoms with Crippen LogP contribution in [0.2, 0.25) is 0 Å². The van der Waals surface area contributed by atoms with Crippen molar-refractivity contribution in [2.24, 2.45) is 5.73 Å². The van der Waals surface area contributed by atoms with E-state index in [0.717, 1.165) is 38.2 Å². The first-order chi connectivity index (χ1) is 16.5. The molecule has 0 aliphatic carbocycles. The molecule has 2 aromatic heterocycles. The molecule has 2 N–H and O–H groups in total. The van der Waals surface area contributed by atoms with Crippen LogP contribution in [0.4, 0.5) is 10.1 Å². The minimum atomic E-state index is -0.302. The predicted molar refractivity (Wildman–Crippen MR) is 133 cm³/mol. The molecule has 34 heavy (non-hydrogen) atoms. The number of rotatable bonds is 6. The first-order valence-corrected chi connectivity index (χ1v) is 11.8. The maximum Gasteiger partial charge on any atom is 0.346 e. The zero-order valence-corrected chi connectivity index (χ0v) is 19.5. The van der Waals surface area contributed by atoms with Gasteiger partial charge in [-0.05, 0) is 64.4 Å². The maximum absolute atomic E-state index is 12.8. The van der Waals surface area contributed by atoms with Crippen molar-refractivity contribution in [2.75, 3.05) is 18.5 Å². The number of nitrogens with two attached hydrogens (primary N) is 1. The van der Waals surface area contributed by atoms with Gasteiger partial charge in [0.1, 0.15) is 6.33 Å². The Bertz CT molecular complexity index is 1480. The summed E-state index contributed by atoms with van der Waals surface area (Å²) in [6, 6.07) is 14.7. The SMILES string of the molecule is CN1C(=O)CCc2cc(-c3ccc4sc(Cn5cnn(C/C(=C/F)CN)c5=O)cc4c3)ccc21. The molecule has 0 saturated carbocycles. The van der Waals surface area contributed by atoms with Gasteiger partial charge in [0, 0.05) is 35.3 Å². The van der Waals surface area contributed by atoms with Crippen LogP contribution in [0.1, 0.15) is 16.9 Å². The Morgan fingerprint density at radius 1 is 1.15 bits per heavy atom. The lowest BCUT2D eigenvalue weighted by Crippen LogP contribution is -2.30. The van der Waals surface area contributed by atoms with Gasteiger partial charge in [0.25, 0.3) is 0 Å². The van der Waals surface area contributed by atoms with Gasteiger partial charge in [-0.25, -0.2) is 13.9 Å². The lowest BCUT2D eigenvalue weighted by atomic mass is 9.96. The molecule has 9 heteroatoms. The van der Waals surface area contributed by atoms with Crippen molar-refractivity contribution in [1.29, 1.82) is 0 Å². The van der Waals surface area contributed by atoms with Gasteiger partial charge in [-0.3, -0.25) is 9.36 Å². The van der Waals surface area contributed by atoms with Crippen LogP contribution in [0.15, 0.2) is 65.5 Å². The third-order valence-corrected chi connectivity index (χ3v) is 7.32. The molecule has 0 spiro atoms. The van der Waals surface area contributed by atoms with E-state index in [0.29, 0.717) is 24.9 Å². The third kappa shape index (κ3) is 4.08. The highest BCUT2D eigenvalue weighted by Crippen LogP contribution is 2.34. The van der Waals surface area contributed by atoms with Crippen molar-refractivity contribution >= 4 is 33.0 Å². The van der Waals surface area contributed by atoms with Gasteiger partial charge in [-0.1, -0.05) is 12.1 Å². The Balaban J connectivity index is 1.40. The fraction of sp³-hybridized carbons (Fsp3) is 0.240. The zero-order valence-electron chi connectivity index (χ0n) is 18.7. The molecule has 2 aromatic carbocycles. The first kappa shape index (κ1) is 22.2. The van der Waals surface area contributed by atoms with Crippen LogP contribution in [0.25, 0.3) is 21.2 Å². The standard InChI is InChI=1S/C25H24FN5O2S/c1-29-22-5-2-17(8-19(22)4-7-24(29)32)18-3-6-23-20(9-18)10-21(34-23)14-30-15-28-31(25(30)33)13-16(11-26)12-27/h2-3,5-6,8-11,15H,4,7,12-14,27H2,1H3/b16-11+. The summed E-state index contributed by atoms with van der Waals surface area (Å²) >= 11 is 1.63. The number of benzene rings is 2. The quantitative estimate of drug-likeness (QED) is 0.459. The van der Waals surface area contributed by atoms with Crippen LogP contribution >= 0.6 is 11.3 Å². The molecule has 0 bridgehead atoms. The second-order valence-corrected chi connectivity index (χ2v) is 9.60. The number of nitrogens with zero attached hydrogens (tertiary/aromatic N) is 4. The van der Waals surface area contributed by atoms with Gasteiger partial charge in [-0.15, -0.1) is 11.3 Å². The minimum Gasteiger partial charge on any atom is -0.327 e. The number of thiophene rings is 1. The Kier molecular flexibility index (Phi) is 5.89. The van der Waals surface area contributed by atoms with Crippen LogP contribution in [-0.2, 0) is 24.3 Å². The number of aryl methyl sites for hydroxylation is 1. The smallest absolute Gasteiger partial charge is 0.327 e. The molecule has 4 aromatic rings. The summed E-state index contributed by atoms with van der Waals surface area (Å²) in [4.78, 5) is 27.3. The predicted octanol–water partition coefficient (Wildman–Crippen LogP) is 3.70. The van der Waals surface area contributed by atoms with Crippen molar-refractivity contribution in [3.8, 4) is 11.1 Å². The van der Waals surface area contributed by atoms with Crippen LogP contribution in [-0.4, -0.2) is 33.8 Å². The van der Waals surface area contributed by atoms with E-state index in [1.807, 2.05) is 13.1 Å². The zero-order chi connectivity index (χ0) is 23.8. The van der Waals surface area contributed by atoms with Crippen molar-refractivity contribution < 1.29 is 9.18 Å². The van der Waals surface area contributed by atoms with E-state index in [9.17, 15) is 14.0 Å². The number of fused-ring (bicyclic) bond motifs is 2. The number of hydrogen-bond acceptors (Lipinski definition) is 5. The molecule has 5 rings (SSSR count). The lowest BCUT2D eigenvalue weighted by Gasteiger charge is -2.26. The first-order valence-electron chi connectivity index (χ1n) is 11.0. The van der Waals surface area contributed by atoms with E-state index in [4.69, 9.17) is 5.73 Å². The molecule has 3 heterocycles. The van der Waals surface area contributed by atoms with Crippen LogP contribution in [0, 0.1) is 0 Å². The van der Waals surface area contributed by atoms with Crippen LogP contribution in [0.3, 0.4) is 0 Å². The average Bonchev–Trinajstić information content (AvgIpc) is 3.42. The molecular weight excluding hydrogens is 453 g/mol. The van der Waals surface area contributed by atoms with Gasteiger partial charge in [0.05, 0.1) is 19.4 Å². The van der Waals surface area contributed by atoms with Gasteiger partial charge in [0.2, 0.25) is 5.91 Å². The highest BCUT2D eigenvalue weighted by molar-refractivity contribution is 7.19. The van der Waals surface area contributed by atoms with E-state index in [1.165, 1.54) is 21.1 Å². The van der Waals surface area contributed by atoms with Gasteiger partial charge < -0.3 is 10.6 Å². The molecular formula is C25H24FN5O2S. The molecule has 1 aliphatic rings. The summed E-state index contributed by atoms with van der Waals surface area (Å²) in [5.74, 6) is 0.149. The number of halogens is 1. The topological polar surface area (TPSA) is 86.2 Å². The van der Waals surface area contributed by atoms with Crippen molar-refractivity contribution in [3.05, 3.63) is 81.6 Å². The molecule has 0 saturated heterocycles. The van der Waals surface area contributed by atoms with Crippen molar-refractivity contribution in [1.82, 2.24) is 14.3 Å². The second-order valence-electron chi connectivity index (χ2n) is 8.43. The Labute approximate surface area is 199 Å². The monoisotopic (exact) mass is 477 g/mol. The molecule has 0 unspecified atom stereocenters. The summed E-state index contributed by atoms with van der Waals surface area (Å²) in [5.41, 5.74) is 9.87. The van der Waals surface area contributed by atoms with E-state index in [2.05, 4.69) is 41.5 Å². The molecule has 0 atom stereocenters. The number of carbonyl (C=O) groups is 1. The summed E-state index contributed by atoms with van der Waals surface area (Å²) in [5, 5.41) is 5.19. The highest BCUT2D eigenvalue weighted by Gasteiger charge is 2.21. The normalized spacial score (nSPS) is 14.1. The summed E-state index contributed by atoms with van der Waals surface area (Å²) in [6.45, 7) is 0.469. The number of amides is 1. The average molecular weight is 478 g/mol. The van der Waals surface area contributed by atoms with E-state index < -0.39 is 0 Å². The number of hydrogen-bond donors (Lipinski definition) is 1. The minimum absolute atomic E-state index is 0.0352. The van der Waals surface area contributed by atoms with E-state index >= 15 is 0 Å². The molecule has 174 valence electrons. The van der Waals surface area contributed by atoms with Crippen LogP contribution in [0.5, 0.6) is 0 Å². The van der Waals surface area contributed by atoms with Gasteiger partial charge in [-0.2, -0.15) is 5.10 Å². The molecule has 0 fully saturated rings. The van der Waals surface area contributed by atoms with Gasteiger partial charge >= 0.3 is 5.69 Å². The van der Waals surface area contributed by atoms with Crippen molar-refractivity contribution in [2.45, 2.75) is 25.9 Å². The largest absolute Gasteiger partial charge is 0.346 e. The van der Waals surface area contributed by atoms with E-state index in [1.54, 1.807) is 16.2 Å².